The van der Waals surface area contributed by atoms with Gasteiger partial charge in [0.1, 0.15) is 0 Å². The number of carbonyl (C=O) groups excluding carboxylic acids is 1. The second-order valence-electron chi connectivity index (χ2n) is 2.17. The third-order valence-corrected chi connectivity index (χ3v) is 1.18. The van der Waals surface area contributed by atoms with Crippen molar-refractivity contribution in [1.82, 2.24) is 0 Å². The van der Waals surface area contributed by atoms with E-state index in [0.29, 0.717) is 6.61 Å². The van der Waals surface area contributed by atoms with Crippen molar-refractivity contribution in [1.29, 1.82) is 0 Å². The van der Waals surface area contributed by atoms with Crippen molar-refractivity contribution in [2.45, 2.75) is 25.8 Å². The molecule has 0 heterocycles. The van der Waals surface area contributed by atoms with Crippen molar-refractivity contribution in [2.24, 2.45) is 5.73 Å². The van der Waals surface area contributed by atoms with Crippen LogP contribution in [0.15, 0.2) is 0 Å². The van der Waals surface area contributed by atoms with Crippen LogP contribution in [0.2, 0.25) is 0 Å². The molecule has 2 N–H and O–H groups in total. The van der Waals surface area contributed by atoms with Gasteiger partial charge in [-0.3, -0.25) is 0 Å². The van der Waals surface area contributed by atoms with Crippen LogP contribution in [0.3, 0.4) is 0 Å². The van der Waals surface area contributed by atoms with E-state index in [0.717, 1.165) is 12.8 Å². The van der Waals surface area contributed by atoms with Crippen LogP contribution >= 0.6 is 0 Å². The van der Waals surface area contributed by atoms with Gasteiger partial charge in [-0.25, -0.2) is 4.79 Å². The minimum absolute atomic E-state index is 0.407. The van der Waals surface area contributed by atoms with Crippen LogP contribution in [0, 0.1) is 12.3 Å². The summed E-state index contributed by atoms with van der Waals surface area (Å²) in [7, 11) is 0. The van der Waals surface area contributed by atoms with Gasteiger partial charge in [-0.1, -0.05) is 19.3 Å². The second kappa shape index (κ2) is 5.75. The molecule has 0 amide bonds. The van der Waals surface area contributed by atoms with E-state index in [-0.39, 0.29) is 0 Å². The summed E-state index contributed by atoms with van der Waals surface area (Å²) in [5.74, 6) is 1.58. The number of hydrogen-bond acceptors (Lipinski definition) is 3. The first kappa shape index (κ1) is 9.99. The van der Waals surface area contributed by atoms with Crippen LogP contribution in [0.5, 0.6) is 0 Å². The molecule has 0 aliphatic heterocycles. The van der Waals surface area contributed by atoms with Crippen LogP contribution in [0.1, 0.15) is 19.8 Å². The van der Waals surface area contributed by atoms with Crippen molar-refractivity contribution < 1.29 is 9.53 Å². The van der Waals surface area contributed by atoms with Crippen molar-refractivity contribution in [3.8, 4) is 12.3 Å². The minimum Gasteiger partial charge on any atom is -0.464 e. The lowest BCUT2D eigenvalue weighted by Gasteiger charge is -2.04. The van der Waals surface area contributed by atoms with Gasteiger partial charge in [0.15, 0.2) is 6.04 Å². The Morgan fingerprint density at radius 2 is 2.45 bits per heavy atom. The molecule has 62 valence electrons. The van der Waals surface area contributed by atoms with Gasteiger partial charge in [0.05, 0.1) is 6.61 Å². The quantitative estimate of drug-likeness (QED) is 0.360. The summed E-state index contributed by atoms with van der Waals surface area (Å²) in [6, 6.07) is -0.910. The molecule has 1 atom stereocenters. The van der Waals surface area contributed by atoms with Gasteiger partial charge in [0.2, 0.25) is 0 Å². The average molecular weight is 155 g/mol. The molecule has 11 heavy (non-hydrogen) atoms. The van der Waals surface area contributed by atoms with E-state index in [1.54, 1.807) is 0 Å². The van der Waals surface area contributed by atoms with Gasteiger partial charge < -0.3 is 10.5 Å². The standard InChI is InChI=1S/C8H13NO2/c1-3-5-6-11-8(10)7(9)4-2/h2,7H,3,5-6,9H2,1H3/t7-/m0/s1. The Bertz CT molecular complexity index is 160. The average Bonchev–Trinajstić information content (AvgIpc) is 2.03. The molecule has 0 rings (SSSR count). The summed E-state index contributed by atoms with van der Waals surface area (Å²) < 4.78 is 4.73. The fourth-order valence-electron chi connectivity index (χ4n) is 0.475. The molecule has 0 aromatic heterocycles. The minimum atomic E-state index is -0.910. The van der Waals surface area contributed by atoms with Crippen LogP contribution in [-0.2, 0) is 9.53 Å². The fraction of sp³-hybridized carbons (Fsp3) is 0.625. The highest BCUT2D eigenvalue weighted by molar-refractivity contribution is 5.78. The topological polar surface area (TPSA) is 52.3 Å². The molecule has 0 spiro atoms. The predicted octanol–water partition coefficient (Wildman–Crippen LogP) is 0.290. The first-order chi connectivity index (χ1) is 5.22. The summed E-state index contributed by atoms with van der Waals surface area (Å²) in [5.41, 5.74) is 5.19. The Hall–Kier alpha value is -1.01. The Labute approximate surface area is 66.9 Å². The maximum Gasteiger partial charge on any atom is 0.335 e. The lowest BCUT2D eigenvalue weighted by atomic mass is 10.3. The molecule has 0 bridgehead atoms. The van der Waals surface area contributed by atoms with Crippen molar-refractivity contribution in [3.63, 3.8) is 0 Å². The lowest BCUT2D eigenvalue weighted by Crippen LogP contribution is -2.30. The largest absolute Gasteiger partial charge is 0.464 e. The molecule has 0 unspecified atom stereocenters. The predicted molar refractivity (Wildman–Crippen MR) is 42.7 cm³/mol. The van der Waals surface area contributed by atoms with Crippen LogP contribution < -0.4 is 5.73 Å². The monoisotopic (exact) mass is 155 g/mol. The molecule has 0 radical (unpaired) electrons. The smallest absolute Gasteiger partial charge is 0.335 e. The van der Waals surface area contributed by atoms with Crippen LogP contribution in [0.4, 0.5) is 0 Å². The molecule has 0 aromatic rings. The maximum absolute atomic E-state index is 10.8. The third-order valence-electron chi connectivity index (χ3n) is 1.18. The maximum atomic E-state index is 10.8. The Kier molecular flexibility index (Phi) is 5.22. The molecule has 3 nitrogen and oxygen atoms in total. The number of hydrogen-bond donors (Lipinski definition) is 1. The molecule has 0 aliphatic carbocycles. The Morgan fingerprint density at radius 3 is 2.91 bits per heavy atom. The summed E-state index contributed by atoms with van der Waals surface area (Å²) in [6.07, 6.45) is 6.74. The summed E-state index contributed by atoms with van der Waals surface area (Å²) >= 11 is 0. The van der Waals surface area contributed by atoms with Gasteiger partial charge >= 0.3 is 5.97 Å². The van der Waals surface area contributed by atoms with Crippen molar-refractivity contribution in [2.75, 3.05) is 6.61 Å². The summed E-state index contributed by atoms with van der Waals surface area (Å²) in [5, 5.41) is 0. The van der Waals surface area contributed by atoms with E-state index in [4.69, 9.17) is 16.9 Å². The van der Waals surface area contributed by atoms with E-state index in [1.807, 2.05) is 6.92 Å². The molecule has 0 aromatic carbocycles. The highest BCUT2D eigenvalue weighted by atomic mass is 16.5. The van der Waals surface area contributed by atoms with Gasteiger partial charge in [0, 0.05) is 0 Å². The zero-order valence-electron chi connectivity index (χ0n) is 6.67. The number of rotatable bonds is 4. The van der Waals surface area contributed by atoms with Gasteiger partial charge in [-0.2, -0.15) is 0 Å². The molecule has 0 saturated heterocycles. The highest BCUT2D eigenvalue weighted by Gasteiger charge is 2.09. The summed E-state index contributed by atoms with van der Waals surface area (Å²) in [6.45, 7) is 2.42. The number of unbranched alkanes of at least 4 members (excludes halogenated alkanes) is 1. The highest BCUT2D eigenvalue weighted by Crippen LogP contribution is 1.90. The number of esters is 1. The zero-order chi connectivity index (χ0) is 8.69. The third kappa shape index (κ3) is 4.40. The molecule has 3 heteroatoms. The molecule has 0 aliphatic rings. The SMILES string of the molecule is C#C[C@H](N)C(=O)OCCCC. The number of nitrogens with two attached hydrogens (primary N) is 1. The molecule has 0 fully saturated rings. The van der Waals surface area contributed by atoms with Crippen molar-refractivity contribution >= 4 is 5.97 Å². The zero-order valence-corrected chi connectivity index (χ0v) is 6.67. The second-order valence-corrected chi connectivity index (χ2v) is 2.17. The van der Waals surface area contributed by atoms with Gasteiger partial charge in [0.25, 0.3) is 0 Å². The number of terminal acetylenes is 1. The van der Waals surface area contributed by atoms with E-state index in [1.165, 1.54) is 0 Å². The van der Waals surface area contributed by atoms with E-state index >= 15 is 0 Å². The van der Waals surface area contributed by atoms with Crippen LogP contribution in [-0.4, -0.2) is 18.6 Å². The fourth-order valence-corrected chi connectivity index (χ4v) is 0.475. The first-order valence-electron chi connectivity index (χ1n) is 3.60. The number of carbonyl (C=O) groups is 1. The van der Waals surface area contributed by atoms with E-state index < -0.39 is 12.0 Å². The first-order valence-corrected chi connectivity index (χ1v) is 3.60. The van der Waals surface area contributed by atoms with Gasteiger partial charge in [-0.15, -0.1) is 6.42 Å². The summed E-state index contributed by atoms with van der Waals surface area (Å²) in [4.78, 5) is 10.8. The van der Waals surface area contributed by atoms with Gasteiger partial charge in [-0.05, 0) is 6.42 Å². The normalized spacial score (nSPS) is 11.7. The Balaban J connectivity index is 3.46. The lowest BCUT2D eigenvalue weighted by molar-refractivity contribution is -0.143. The van der Waals surface area contributed by atoms with E-state index in [2.05, 4.69) is 5.92 Å². The molecule has 0 saturated carbocycles. The van der Waals surface area contributed by atoms with E-state index in [9.17, 15) is 4.79 Å². The van der Waals surface area contributed by atoms with Crippen LogP contribution in [0.25, 0.3) is 0 Å². The number of ether oxygens (including phenoxy) is 1. The molecular weight excluding hydrogens is 142 g/mol. The Morgan fingerprint density at radius 1 is 1.82 bits per heavy atom. The molecular formula is C8H13NO2. The van der Waals surface area contributed by atoms with Crippen molar-refractivity contribution in [3.05, 3.63) is 0 Å².